The summed E-state index contributed by atoms with van der Waals surface area (Å²) in [6, 6.07) is 3.72. The molecule has 0 aliphatic heterocycles. The minimum Gasteiger partial charge on any atom is -0.462 e. The maximum atomic E-state index is 8.89. The van der Waals surface area contributed by atoms with E-state index in [1.54, 1.807) is 0 Å². The third-order valence-electron chi connectivity index (χ3n) is 2.97. The molecule has 0 atom stereocenters. The number of aliphatic hydroxyl groups excluding tert-OH is 1. The van der Waals surface area contributed by atoms with Crippen LogP contribution in [0.2, 0.25) is 0 Å². The number of likely N-dealkylation sites (N-methyl/N-ethyl adjacent to an activating group) is 1. The van der Waals surface area contributed by atoms with Crippen molar-refractivity contribution in [1.82, 2.24) is 4.90 Å². The monoisotopic (exact) mass is 239 g/mol. The highest BCUT2D eigenvalue weighted by molar-refractivity contribution is 5.06. The molecule has 17 heavy (non-hydrogen) atoms. The van der Waals surface area contributed by atoms with Crippen molar-refractivity contribution in [2.45, 2.75) is 26.0 Å². The molecule has 0 bridgehead atoms. The second kappa shape index (κ2) is 6.19. The molecule has 0 spiro atoms. The molecule has 1 heterocycles. The van der Waals surface area contributed by atoms with E-state index >= 15 is 0 Å². The largest absolute Gasteiger partial charge is 0.462 e. The summed E-state index contributed by atoms with van der Waals surface area (Å²) < 4.78 is 11.0. The third-order valence-corrected chi connectivity index (χ3v) is 2.97. The Labute approximate surface area is 102 Å². The van der Waals surface area contributed by atoms with E-state index in [0.717, 1.165) is 38.0 Å². The summed E-state index contributed by atoms with van der Waals surface area (Å²) in [6.45, 7) is 3.33. The molecular formula is C13H21NO3. The average Bonchev–Trinajstić information content (AvgIpc) is 3.04. The van der Waals surface area contributed by atoms with E-state index in [-0.39, 0.29) is 6.61 Å². The minimum absolute atomic E-state index is 0.0335. The van der Waals surface area contributed by atoms with Gasteiger partial charge in [-0.3, -0.25) is 4.90 Å². The van der Waals surface area contributed by atoms with Crippen LogP contribution in [0, 0.1) is 5.92 Å². The molecule has 0 amide bonds. The number of furan rings is 1. The second-order valence-electron chi connectivity index (χ2n) is 4.78. The Kier molecular flexibility index (Phi) is 4.59. The van der Waals surface area contributed by atoms with Crippen LogP contribution in [0.5, 0.6) is 0 Å². The van der Waals surface area contributed by atoms with Gasteiger partial charge in [-0.1, -0.05) is 0 Å². The van der Waals surface area contributed by atoms with Crippen molar-refractivity contribution < 1.29 is 14.3 Å². The van der Waals surface area contributed by atoms with Crippen LogP contribution in [-0.2, 0) is 17.9 Å². The maximum absolute atomic E-state index is 8.89. The lowest BCUT2D eigenvalue weighted by Gasteiger charge is -2.14. The first kappa shape index (κ1) is 12.6. The van der Waals surface area contributed by atoms with Crippen LogP contribution in [0.1, 0.15) is 24.4 Å². The number of aliphatic hydroxyl groups is 1. The molecule has 0 saturated heterocycles. The van der Waals surface area contributed by atoms with Crippen molar-refractivity contribution in [3.63, 3.8) is 0 Å². The van der Waals surface area contributed by atoms with Gasteiger partial charge >= 0.3 is 0 Å². The van der Waals surface area contributed by atoms with Crippen molar-refractivity contribution in [3.05, 3.63) is 23.7 Å². The highest BCUT2D eigenvalue weighted by atomic mass is 16.5. The number of nitrogens with zero attached hydrogens (tertiary/aromatic N) is 1. The highest BCUT2D eigenvalue weighted by Gasteiger charge is 2.20. The van der Waals surface area contributed by atoms with Gasteiger partial charge in [0.2, 0.25) is 0 Å². The third kappa shape index (κ3) is 4.50. The topological polar surface area (TPSA) is 45.8 Å². The zero-order valence-electron chi connectivity index (χ0n) is 10.4. The lowest BCUT2D eigenvalue weighted by atomic mass is 10.4. The number of rotatable bonds is 8. The summed E-state index contributed by atoms with van der Waals surface area (Å²) in [5.74, 6) is 2.34. The molecule has 0 unspecified atom stereocenters. The van der Waals surface area contributed by atoms with Gasteiger partial charge in [0.15, 0.2) is 0 Å². The molecule has 2 rings (SSSR count). The summed E-state index contributed by atoms with van der Waals surface area (Å²) >= 11 is 0. The van der Waals surface area contributed by atoms with Gasteiger partial charge in [0.05, 0.1) is 13.2 Å². The Hall–Kier alpha value is -0.840. The van der Waals surface area contributed by atoms with Crippen molar-refractivity contribution in [2.24, 2.45) is 5.92 Å². The molecule has 96 valence electrons. The summed E-state index contributed by atoms with van der Waals surface area (Å²) in [6.07, 6.45) is 2.68. The first-order chi connectivity index (χ1) is 8.28. The Balaban J connectivity index is 1.60. The van der Waals surface area contributed by atoms with E-state index in [9.17, 15) is 0 Å². The van der Waals surface area contributed by atoms with Crippen LogP contribution in [0.3, 0.4) is 0 Å². The lowest BCUT2D eigenvalue weighted by molar-refractivity contribution is 0.0996. The van der Waals surface area contributed by atoms with Crippen LogP contribution in [0.25, 0.3) is 0 Å². The second-order valence-corrected chi connectivity index (χ2v) is 4.78. The van der Waals surface area contributed by atoms with E-state index in [0.29, 0.717) is 5.76 Å². The van der Waals surface area contributed by atoms with Crippen molar-refractivity contribution in [2.75, 3.05) is 26.8 Å². The molecule has 1 aliphatic rings. The van der Waals surface area contributed by atoms with Crippen LogP contribution in [-0.4, -0.2) is 36.8 Å². The fourth-order valence-electron chi connectivity index (χ4n) is 1.69. The molecule has 1 aromatic heterocycles. The predicted molar refractivity (Wildman–Crippen MR) is 64.5 cm³/mol. The van der Waals surface area contributed by atoms with Gasteiger partial charge in [-0.05, 0) is 37.9 Å². The van der Waals surface area contributed by atoms with Gasteiger partial charge in [-0.25, -0.2) is 0 Å². The first-order valence-electron chi connectivity index (χ1n) is 6.22. The molecule has 1 saturated carbocycles. The van der Waals surface area contributed by atoms with E-state index in [1.807, 2.05) is 19.2 Å². The van der Waals surface area contributed by atoms with Crippen molar-refractivity contribution in [3.8, 4) is 0 Å². The maximum Gasteiger partial charge on any atom is 0.129 e. The molecule has 4 heteroatoms. The number of hydrogen-bond donors (Lipinski definition) is 1. The molecule has 1 fully saturated rings. The summed E-state index contributed by atoms with van der Waals surface area (Å²) in [5.41, 5.74) is 0. The van der Waals surface area contributed by atoms with Crippen LogP contribution >= 0.6 is 0 Å². The van der Waals surface area contributed by atoms with Crippen LogP contribution in [0.15, 0.2) is 16.5 Å². The Morgan fingerprint density at radius 1 is 1.41 bits per heavy atom. The fourth-order valence-corrected chi connectivity index (χ4v) is 1.69. The smallest absolute Gasteiger partial charge is 0.129 e. The molecular weight excluding hydrogens is 218 g/mol. The van der Waals surface area contributed by atoms with Crippen LogP contribution in [0.4, 0.5) is 0 Å². The normalized spacial score (nSPS) is 15.7. The molecule has 0 radical (unpaired) electrons. The first-order valence-corrected chi connectivity index (χ1v) is 6.22. The SMILES string of the molecule is CN(CCOCC1CC1)Cc1ccc(CO)o1. The van der Waals surface area contributed by atoms with Gasteiger partial charge in [0, 0.05) is 13.2 Å². The number of hydrogen-bond acceptors (Lipinski definition) is 4. The van der Waals surface area contributed by atoms with Crippen molar-refractivity contribution in [1.29, 1.82) is 0 Å². The molecule has 0 aromatic carbocycles. The van der Waals surface area contributed by atoms with E-state index < -0.39 is 0 Å². The van der Waals surface area contributed by atoms with E-state index in [4.69, 9.17) is 14.3 Å². The summed E-state index contributed by atoms with van der Waals surface area (Å²) in [7, 11) is 2.04. The molecule has 1 aromatic rings. The molecule has 4 nitrogen and oxygen atoms in total. The number of ether oxygens (including phenoxy) is 1. The quantitative estimate of drug-likeness (QED) is 0.700. The van der Waals surface area contributed by atoms with Gasteiger partial charge in [-0.2, -0.15) is 0 Å². The van der Waals surface area contributed by atoms with Crippen molar-refractivity contribution >= 4 is 0 Å². The summed E-state index contributed by atoms with van der Waals surface area (Å²) in [5, 5.41) is 8.89. The Bertz CT molecular complexity index is 333. The Morgan fingerprint density at radius 2 is 2.18 bits per heavy atom. The van der Waals surface area contributed by atoms with Gasteiger partial charge in [0.25, 0.3) is 0 Å². The van der Waals surface area contributed by atoms with Gasteiger partial charge in [0.1, 0.15) is 18.1 Å². The fraction of sp³-hybridized carbons (Fsp3) is 0.692. The average molecular weight is 239 g/mol. The minimum atomic E-state index is -0.0335. The van der Waals surface area contributed by atoms with Gasteiger partial charge in [-0.15, -0.1) is 0 Å². The highest BCUT2D eigenvalue weighted by Crippen LogP contribution is 2.28. The zero-order valence-corrected chi connectivity index (χ0v) is 10.4. The van der Waals surface area contributed by atoms with E-state index in [2.05, 4.69) is 4.90 Å². The standard InChI is InChI=1S/C13H21NO3/c1-14(6-7-16-10-11-2-3-11)8-12-4-5-13(9-15)17-12/h4-5,11,15H,2-3,6-10H2,1H3. The van der Waals surface area contributed by atoms with E-state index in [1.165, 1.54) is 12.8 Å². The Morgan fingerprint density at radius 3 is 2.82 bits per heavy atom. The molecule has 1 aliphatic carbocycles. The van der Waals surface area contributed by atoms with Crippen LogP contribution < -0.4 is 0 Å². The molecule has 1 N–H and O–H groups in total. The van der Waals surface area contributed by atoms with Gasteiger partial charge < -0.3 is 14.3 Å². The summed E-state index contributed by atoms with van der Waals surface area (Å²) in [4.78, 5) is 2.16. The zero-order chi connectivity index (χ0) is 12.1. The predicted octanol–water partition coefficient (Wildman–Crippen LogP) is 1.63. The lowest BCUT2D eigenvalue weighted by Crippen LogP contribution is -2.22.